The molecule has 0 atom stereocenters. The van der Waals surface area contributed by atoms with E-state index in [1.807, 2.05) is 0 Å². The zero-order valence-electron chi connectivity index (χ0n) is 15.2. The molecule has 0 aliphatic carbocycles. The summed E-state index contributed by atoms with van der Waals surface area (Å²) in [6.07, 6.45) is 1.68. The van der Waals surface area contributed by atoms with Crippen LogP contribution in [0.5, 0.6) is 0 Å². The normalized spacial score (nSPS) is 14.6. The first kappa shape index (κ1) is 21.6. The van der Waals surface area contributed by atoms with Crippen molar-refractivity contribution in [3.63, 3.8) is 0 Å². The summed E-state index contributed by atoms with van der Waals surface area (Å²) in [6, 6.07) is 10.2. The molecular formula is C19H18Cl2N2O5S. The number of hydrogen-bond acceptors (Lipinski definition) is 5. The Bertz CT molecular complexity index is 1020. The third-order valence-electron chi connectivity index (χ3n) is 4.35. The van der Waals surface area contributed by atoms with Gasteiger partial charge in [0.05, 0.1) is 26.2 Å². The van der Waals surface area contributed by atoms with Gasteiger partial charge in [0.25, 0.3) is 5.91 Å². The molecule has 7 nitrogen and oxygen atoms in total. The van der Waals surface area contributed by atoms with Crippen molar-refractivity contribution in [3.8, 4) is 0 Å². The minimum absolute atomic E-state index is 0.115. The average molecular weight is 457 g/mol. The minimum Gasteiger partial charge on any atom is -0.452 e. The molecule has 1 N–H and O–H groups in total. The van der Waals surface area contributed by atoms with E-state index in [1.165, 1.54) is 28.6 Å². The zero-order chi connectivity index (χ0) is 21.0. The number of halogens is 2. The third kappa shape index (κ3) is 5.08. The highest BCUT2D eigenvalue weighted by molar-refractivity contribution is 7.89. The van der Waals surface area contributed by atoms with Gasteiger partial charge in [0.1, 0.15) is 0 Å². The lowest BCUT2D eigenvalue weighted by molar-refractivity contribution is -0.119. The Morgan fingerprint density at radius 1 is 1.03 bits per heavy atom. The van der Waals surface area contributed by atoms with Gasteiger partial charge < -0.3 is 10.1 Å². The maximum atomic E-state index is 12.5. The van der Waals surface area contributed by atoms with Gasteiger partial charge in [-0.1, -0.05) is 29.3 Å². The van der Waals surface area contributed by atoms with Gasteiger partial charge in [-0.25, -0.2) is 13.2 Å². The molecule has 2 aromatic carbocycles. The van der Waals surface area contributed by atoms with Gasteiger partial charge >= 0.3 is 5.97 Å². The standard InChI is InChI=1S/C19H18Cl2N2O5S/c20-15-4-3-5-16(18(15)21)22-17(24)12-28-19(25)13-6-8-14(9-7-13)29(26,27)23-10-1-2-11-23/h3-9H,1-2,10-12H2,(H,22,24). The smallest absolute Gasteiger partial charge is 0.338 e. The Morgan fingerprint density at radius 3 is 2.34 bits per heavy atom. The Balaban J connectivity index is 1.58. The molecule has 0 unspecified atom stereocenters. The van der Waals surface area contributed by atoms with E-state index in [2.05, 4.69) is 5.32 Å². The van der Waals surface area contributed by atoms with Crippen molar-refractivity contribution in [2.45, 2.75) is 17.7 Å². The first-order valence-corrected chi connectivity index (χ1v) is 11.0. The number of hydrogen-bond donors (Lipinski definition) is 1. The summed E-state index contributed by atoms with van der Waals surface area (Å²) in [5.41, 5.74) is 0.440. The monoisotopic (exact) mass is 456 g/mol. The van der Waals surface area contributed by atoms with Crippen LogP contribution in [0, 0.1) is 0 Å². The molecule has 0 saturated carbocycles. The predicted octanol–water partition coefficient (Wildman–Crippen LogP) is 3.57. The number of ether oxygens (including phenoxy) is 1. The second kappa shape index (κ2) is 9.13. The van der Waals surface area contributed by atoms with Crippen LogP contribution in [0.3, 0.4) is 0 Å². The average Bonchev–Trinajstić information content (AvgIpc) is 3.25. The number of rotatable bonds is 6. The Kier molecular flexibility index (Phi) is 6.79. The van der Waals surface area contributed by atoms with E-state index >= 15 is 0 Å². The third-order valence-corrected chi connectivity index (χ3v) is 7.08. The largest absolute Gasteiger partial charge is 0.452 e. The molecule has 1 saturated heterocycles. The van der Waals surface area contributed by atoms with E-state index in [0.29, 0.717) is 18.8 Å². The molecule has 29 heavy (non-hydrogen) atoms. The second-order valence-electron chi connectivity index (χ2n) is 6.36. The van der Waals surface area contributed by atoms with E-state index in [-0.39, 0.29) is 20.5 Å². The number of nitrogens with one attached hydrogen (secondary N) is 1. The molecule has 0 aromatic heterocycles. The lowest BCUT2D eigenvalue weighted by Crippen LogP contribution is -2.27. The quantitative estimate of drug-likeness (QED) is 0.670. The number of sulfonamides is 1. The highest BCUT2D eigenvalue weighted by Gasteiger charge is 2.27. The van der Waals surface area contributed by atoms with Crippen LogP contribution in [0.25, 0.3) is 0 Å². The summed E-state index contributed by atoms with van der Waals surface area (Å²) in [4.78, 5) is 24.2. The topological polar surface area (TPSA) is 92.8 Å². The van der Waals surface area contributed by atoms with Crippen molar-refractivity contribution in [2.75, 3.05) is 25.0 Å². The molecule has 1 heterocycles. The van der Waals surface area contributed by atoms with E-state index in [9.17, 15) is 18.0 Å². The van der Waals surface area contributed by atoms with Crippen molar-refractivity contribution in [1.82, 2.24) is 4.31 Å². The van der Waals surface area contributed by atoms with Crippen molar-refractivity contribution in [3.05, 3.63) is 58.1 Å². The van der Waals surface area contributed by atoms with E-state index in [0.717, 1.165) is 12.8 Å². The molecule has 0 spiro atoms. The van der Waals surface area contributed by atoms with Gasteiger partial charge in [-0.15, -0.1) is 0 Å². The number of esters is 1. The number of nitrogens with zero attached hydrogens (tertiary/aromatic N) is 1. The lowest BCUT2D eigenvalue weighted by atomic mass is 10.2. The van der Waals surface area contributed by atoms with E-state index in [4.69, 9.17) is 27.9 Å². The molecular weight excluding hydrogens is 439 g/mol. The number of anilines is 1. The minimum atomic E-state index is -3.56. The molecule has 3 rings (SSSR count). The van der Waals surface area contributed by atoms with Crippen LogP contribution in [0.15, 0.2) is 47.4 Å². The van der Waals surface area contributed by atoms with Crippen LogP contribution >= 0.6 is 23.2 Å². The Labute approximate surface area is 178 Å². The fourth-order valence-electron chi connectivity index (χ4n) is 2.84. The molecule has 1 fully saturated rings. The van der Waals surface area contributed by atoms with Crippen LogP contribution in [0.4, 0.5) is 5.69 Å². The fraction of sp³-hybridized carbons (Fsp3) is 0.263. The first-order valence-electron chi connectivity index (χ1n) is 8.80. The van der Waals surface area contributed by atoms with Crippen molar-refractivity contribution < 1.29 is 22.7 Å². The summed E-state index contributed by atoms with van der Waals surface area (Å²) in [5.74, 6) is -1.33. The van der Waals surface area contributed by atoms with Crippen LogP contribution in [-0.2, 0) is 19.6 Å². The highest BCUT2D eigenvalue weighted by atomic mass is 35.5. The summed E-state index contributed by atoms with van der Waals surface area (Å²) in [5, 5.41) is 2.97. The second-order valence-corrected chi connectivity index (χ2v) is 9.08. The molecule has 154 valence electrons. The molecule has 1 amide bonds. The Morgan fingerprint density at radius 2 is 1.69 bits per heavy atom. The SMILES string of the molecule is O=C(COC(=O)c1ccc(S(=O)(=O)N2CCCC2)cc1)Nc1cccc(Cl)c1Cl. The van der Waals surface area contributed by atoms with Crippen molar-refractivity contribution >= 4 is 50.8 Å². The van der Waals surface area contributed by atoms with Crippen LogP contribution in [-0.4, -0.2) is 44.3 Å². The number of carbonyl (C=O) groups excluding carboxylic acids is 2. The maximum absolute atomic E-state index is 12.5. The van der Waals surface area contributed by atoms with Gasteiger partial charge in [0.15, 0.2) is 6.61 Å². The van der Waals surface area contributed by atoms with Gasteiger partial charge in [-0.2, -0.15) is 4.31 Å². The van der Waals surface area contributed by atoms with Crippen molar-refractivity contribution in [2.24, 2.45) is 0 Å². The van der Waals surface area contributed by atoms with E-state index < -0.39 is 28.5 Å². The summed E-state index contributed by atoms with van der Waals surface area (Å²) >= 11 is 11.9. The molecule has 0 radical (unpaired) electrons. The number of amides is 1. The summed E-state index contributed by atoms with van der Waals surface area (Å²) in [7, 11) is -3.56. The molecule has 1 aliphatic rings. The predicted molar refractivity (Wildman–Crippen MR) is 110 cm³/mol. The van der Waals surface area contributed by atoms with Crippen LogP contribution in [0.1, 0.15) is 23.2 Å². The summed E-state index contributed by atoms with van der Waals surface area (Å²) < 4.78 is 31.4. The number of benzene rings is 2. The molecule has 10 heteroatoms. The zero-order valence-corrected chi connectivity index (χ0v) is 17.6. The maximum Gasteiger partial charge on any atom is 0.338 e. The number of carbonyl (C=O) groups is 2. The first-order chi connectivity index (χ1) is 13.8. The Hall–Kier alpha value is -2.13. The summed E-state index contributed by atoms with van der Waals surface area (Å²) in [6.45, 7) is 0.464. The lowest BCUT2D eigenvalue weighted by Gasteiger charge is -2.15. The van der Waals surface area contributed by atoms with Gasteiger partial charge in [0, 0.05) is 13.1 Å². The molecule has 0 bridgehead atoms. The van der Waals surface area contributed by atoms with E-state index in [1.54, 1.807) is 18.2 Å². The van der Waals surface area contributed by atoms with Crippen LogP contribution < -0.4 is 5.32 Å². The molecule has 1 aliphatic heterocycles. The molecule has 2 aromatic rings. The van der Waals surface area contributed by atoms with Gasteiger partial charge in [-0.05, 0) is 49.2 Å². The highest BCUT2D eigenvalue weighted by Crippen LogP contribution is 2.29. The fourth-order valence-corrected chi connectivity index (χ4v) is 4.71. The van der Waals surface area contributed by atoms with Gasteiger partial charge in [-0.3, -0.25) is 4.79 Å². The van der Waals surface area contributed by atoms with Crippen molar-refractivity contribution in [1.29, 1.82) is 0 Å². The van der Waals surface area contributed by atoms with Crippen LogP contribution in [0.2, 0.25) is 10.0 Å². The van der Waals surface area contributed by atoms with Gasteiger partial charge in [0.2, 0.25) is 10.0 Å².